The molecule has 6 heteroatoms. The number of methoxy groups -OCH3 is 1. The van der Waals surface area contributed by atoms with Crippen LogP contribution in [0.2, 0.25) is 0 Å². The standard InChI is InChI=1S/C21H25N3O2S/c1-15-11-12-17(26-4)18-19(15)27-21(22-18)24(14-8-13-23(2)3)20(25)16-9-6-5-7-10-16/h5-7,9-12H,8,13-14H2,1-4H3. The number of nitrogens with zero attached hydrogens (tertiary/aromatic N) is 3. The lowest BCUT2D eigenvalue weighted by atomic mass is 10.2. The Morgan fingerprint density at radius 3 is 2.52 bits per heavy atom. The number of thiazole rings is 1. The number of hydrogen-bond acceptors (Lipinski definition) is 5. The maximum Gasteiger partial charge on any atom is 0.260 e. The lowest BCUT2D eigenvalue weighted by Gasteiger charge is -2.21. The normalized spacial score (nSPS) is 11.1. The molecule has 0 bridgehead atoms. The predicted molar refractivity (Wildman–Crippen MR) is 112 cm³/mol. The maximum atomic E-state index is 13.2. The fraction of sp³-hybridized carbons (Fsp3) is 0.333. The van der Waals surface area contributed by atoms with E-state index in [0.717, 1.165) is 34.5 Å². The van der Waals surface area contributed by atoms with E-state index >= 15 is 0 Å². The number of aromatic nitrogens is 1. The van der Waals surface area contributed by atoms with Gasteiger partial charge in [-0.3, -0.25) is 9.69 Å². The zero-order valence-electron chi connectivity index (χ0n) is 16.2. The minimum absolute atomic E-state index is 0.0231. The van der Waals surface area contributed by atoms with E-state index < -0.39 is 0 Å². The van der Waals surface area contributed by atoms with Crippen molar-refractivity contribution in [3.8, 4) is 5.75 Å². The summed E-state index contributed by atoms with van der Waals surface area (Å²) in [5.74, 6) is 0.712. The highest BCUT2D eigenvalue weighted by Crippen LogP contribution is 2.36. The number of hydrogen-bond donors (Lipinski definition) is 0. The number of fused-ring (bicyclic) bond motifs is 1. The van der Waals surface area contributed by atoms with Gasteiger partial charge < -0.3 is 9.64 Å². The molecule has 3 aromatic rings. The van der Waals surface area contributed by atoms with Gasteiger partial charge in [-0.2, -0.15) is 0 Å². The second kappa shape index (κ2) is 8.50. The van der Waals surface area contributed by atoms with Crippen LogP contribution in [0.15, 0.2) is 42.5 Å². The first-order valence-corrected chi connectivity index (χ1v) is 9.78. The van der Waals surface area contributed by atoms with Crippen LogP contribution in [-0.4, -0.2) is 50.1 Å². The van der Waals surface area contributed by atoms with E-state index in [2.05, 4.69) is 11.8 Å². The third kappa shape index (κ3) is 4.28. The Labute approximate surface area is 164 Å². The second-order valence-electron chi connectivity index (χ2n) is 6.74. The number of anilines is 1. The molecule has 0 fully saturated rings. The molecule has 0 saturated heterocycles. The molecule has 0 N–H and O–H groups in total. The van der Waals surface area contributed by atoms with Crippen LogP contribution in [0.25, 0.3) is 10.2 Å². The van der Waals surface area contributed by atoms with Crippen molar-refractivity contribution in [3.63, 3.8) is 0 Å². The molecule has 1 amide bonds. The Kier molecular flexibility index (Phi) is 6.08. The Bertz CT molecular complexity index is 922. The topological polar surface area (TPSA) is 45.7 Å². The van der Waals surface area contributed by atoms with Gasteiger partial charge in [-0.1, -0.05) is 35.6 Å². The third-order valence-corrected chi connectivity index (χ3v) is 5.61. The summed E-state index contributed by atoms with van der Waals surface area (Å²) in [6.07, 6.45) is 0.873. The summed E-state index contributed by atoms with van der Waals surface area (Å²) >= 11 is 1.54. The zero-order valence-corrected chi connectivity index (χ0v) is 17.0. The first kappa shape index (κ1) is 19.3. The van der Waals surface area contributed by atoms with Gasteiger partial charge in [0.25, 0.3) is 5.91 Å². The molecule has 0 radical (unpaired) electrons. The number of benzene rings is 2. The van der Waals surface area contributed by atoms with Crippen molar-refractivity contribution in [2.45, 2.75) is 13.3 Å². The average molecular weight is 384 g/mol. The summed E-state index contributed by atoms with van der Waals surface area (Å²) in [5, 5.41) is 0.713. The van der Waals surface area contributed by atoms with Crippen molar-refractivity contribution in [2.75, 3.05) is 39.2 Å². The highest BCUT2D eigenvalue weighted by molar-refractivity contribution is 7.22. The van der Waals surface area contributed by atoms with Gasteiger partial charge in [0.15, 0.2) is 5.13 Å². The molecule has 1 aromatic heterocycles. The molecule has 0 atom stereocenters. The van der Waals surface area contributed by atoms with Gasteiger partial charge in [-0.05, 0) is 57.7 Å². The fourth-order valence-corrected chi connectivity index (χ4v) is 4.02. The van der Waals surface area contributed by atoms with Crippen molar-refractivity contribution >= 4 is 32.6 Å². The molecular weight excluding hydrogens is 358 g/mol. The fourth-order valence-electron chi connectivity index (χ4n) is 2.94. The highest BCUT2D eigenvalue weighted by Gasteiger charge is 2.22. The molecule has 0 aliphatic heterocycles. The molecule has 142 valence electrons. The van der Waals surface area contributed by atoms with Crippen molar-refractivity contribution in [1.29, 1.82) is 0 Å². The molecule has 0 spiro atoms. The third-order valence-electron chi connectivity index (χ3n) is 4.40. The average Bonchev–Trinajstić information content (AvgIpc) is 3.11. The predicted octanol–water partition coefficient (Wildman–Crippen LogP) is 4.21. The summed E-state index contributed by atoms with van der Waals surface area (Å²) in [6.45, 7) is 3.58. The van der Waals surface area contributed by atoms with Gasteiger partial charge in [0, 0.05) is 12.1 Å². The van der Waals surface area contributed by atoms with Crippen LogP contribution in [0, 0.1) is 6.92 Å². The maximum absolute atomic E-state index is 13.2. The van der Waals surface area contributed by atoms with Crippen LogP contribution < -0.4 is 9.64 Å². The minimum Gasteiger partial charge on any atom is -0.494 e. The van der Waals surface area contributed by atoms with E-state index in [0.29, 0.717) is 17.2 Å². The molecule has 0 aliphatic rings. The lowest BCUT2D eigenvalue weighted by Crippen LogP contribution is -2.33. The monoisotopic (exact) mass is 383 g/mol. The molecule has 1 heterocycles. The molecule has 0 unspecified atom stereocenters. The molecule has 3 rings (SSSR count). The van der Waals surface area contributed by atoms with Gasteiger partial charge in [-0.25, -0.2) is 4.98 Å². The summed E-state index contributed by atoms with van der Waals surface area (Å²) in [5.41, 5.74) is 2.62. The van der Waals surface area contributed by atoms with E-state index in [-0.39, 0.29) is 5.91 Å². The van der Waals surface area contributed by atoms with Gasteiger partial charge in [0.05, 0.1) is 11.8 Å². The van der Waals surface area contributed by atoms with Gasteiger partial charge in [-0.15, -0.1) is 0 Å². The Balaban J connectivity index is 2.00. The molecule has 0 saturated carbocycles. The van der Waals surface area contributed by atoms with Crippen LogP contribution in [-0.2, 0) is 0 Å². The van der Waals surface area contributed by atoms with Gasteiger partial charge in [0.2, 0.25) is 0 Å². The van der Waals surface area contributed by atoms with Crippen LogP contribution in [0.1, 0.15) is 22.3 Å². The Morgan fingerprint density at radius 1 is 1.11 bits per heavy atom. The highest BCUT2D eigenvalue weighted by atomic mass is 32.1. The van der Waals surface area contributed by atoms with E-state index in [1.807, 2.05) is 56.6 Å². The number of carbonyl (C=O) groups excluding carboxylic acids is 1. The minimum atomic E-state index is -0.0231. The van der Waals surface area contributed by atoms with Gasteiger partial charge in [0.1, 0.15) is 11.3 Å². The number of ether oxygens (including phenoxy) is 1. The molecule has 27 heavy (non-hydrogen) atoms. The summed E-state index contributed by atoms with van der Waals surface area (Å²) in [7, 11) is 5.72. The smallest absolute Gasteiger partial charge is 0.260 e. The van der Waals surface area contributed by atoms with Crippen molar-refractivity contribution in [2.24, 2.45) is 0 Å². The first-order chi connectivity index (χ1) is 13.0. The van der Waals surface area contributed by atoms with Gasteiger partial charge >= 0.3 is 0 Å². The van der Waals surface area contributed by atoms with E-state index in [1.54, 1.807) is 23.3 Å². The van der Waals surface area contributed by atoms with Crippen LogP contribution in [0.5, 0.6) is 5.75 Å². The first-order valence-electron chi connectivity index (χ1n) is 8.97. The largest absolute Gasteiger partial charge is 0.494 e. The van der Waals surface area contributed by atoms with E-state index in [1.165, 1.54) is 0 Å². The van der Waals surface area contributed by atoms with Crippen LogP contribution >= 0.6 is 11.3 Å². The Hall–Kier alpha value is -2.44. The molecule has 0 aliphatic carbocycles. The zero-order chi connectivity index (χ0) is 19.4. The SMILES string of the molecule is COc1ccc(C)c2sc(N(CCCN(C)C)C(=O)c3ccccc3)nc12. The van der Waals surface area contributed by atoms with E-state index in [9.17, 15) is 4.79 Å². The van der Waals surface area contributed by atoms with Crippen molar-refractivity contribution < 1.29 is 9.53 Å². The van der Waals surface area contributed by atoms with E-state index in [4.69, 9.17) is 9.72 Å². The summed E-state index contributed by atoms with van der Waals surface area (Å²) < 4.78 is 6.53. The summed E-state index contributed by atoms with van der Waals surface area (Å²) in [6, 6.07) is 13.3. The van der Waals surface area contributed by atoms with Crippen LogP contribution in [0.4, 0.5) is 5.13 Å². The number of aryl methyl sites for hydroxylation is 1. The lowest BCUT2D eigenvalue weighted by molar-refractivity contribution is 0.0986. The van der Waals surface area contributed by atoms with Crippen molar-refractivity contribution in [3.05, 3.63) is 53.6 Å². The number of amides is 1. The Morgan fingerprint density at radius 2 is 1.85 bits per heavy atom. The summed E-state index contributed by atoms with van der Waals surface area (Å²) in [4.78, 5) is 21.9. The number of rotatable bonds is 7. The van der Waals surface area contributed by atoms with Crippen molar-refractivity contribution in [1.82, 2.24) is 9.88 Å². The molecule has 2 aromatic carbocycles. The second-order valence-corrected chi connectivity index (χ2v) is 7.72. The number of carbonyl (C=O) groups is 1. The molecule has 5 nitrogen and oxygen atoms in total. The molecular formula is C21H25N3O2S. The quantitative estimate of drug-likeness (QED) is 0.613. The van der Waals surface area contributed by atoms with Crippen LogP contribution in [0.3, 0.4) is 0 Å².